The van der Waals surface area contributed by atoms with Crippen molar-refractivity contribution in [3.63, 3.8) is 0 Å². The number of rotatable bonds is 8. The van der Waals surface area contributed by atoms with Gasteiger partial charge >= 0.3 is 0 Å². The van der Waals surface area contributed by atoms with Crippen molar-refractivity contribution in [3.05, 3.63) is 96.4 Å². The van der Waals surface area contributed by atoms with E-state index in [4.69, 9.17) is 4.42 Å². The number of hydrogen-bond acceptors (Lipinski definition) is 6. The molecule has 5 aromatic rings. The number of nitrogens with one attached hydrogen (secondary N) is 3. The summed E-state index contributed by atoms with van der Waals surface area (Å²) in [5.74, 6) is 0.325. The van der Waals surface area contributed by atoms with Crippen LogP contribution in [0, 0.1) is 0 Å². The van der Waals surface area contributed by atoms with Gasteiger partial charge in [0, 0.05) is 48.5 Å². The largest absolute Gasteiger partial charge is 0.464 e. The molecule has 0 fully saturated rings. The molecule has 1 amide bonds. The second-order valence-electron chi connectivity index (χ2n) is 8.69. The summed E-state index contributed by atoms with van der Waals surface area (Å²) in [4.78, 5) is 13.2. The van der Waals surface area contributed by atoms with E-state index in [1.165, 1.54) is 26.2 Å². The van der Waals surface area contributed by atoms with Crippen LogP contribution in [0.1, 0.15) is 15.9 Å². The Morgan fingerprint density at radius 3 is 2.65 bits per heavy atom. The average Bonchev–Trinajstić information content (AvgIpc) is 3.59. The minimum atomic E-state index is -3.78. The van der Waals surface area contributed by atoms with E-state index in [1.54, 1.807) is 30.7 Å². The van der Waals surface area contributed by atoms with Crippen LogP contribution in [0.3, 0.4) is 0 Å². The number of fused-ring (bicyclic) bond motifs is 1. The molecule has 37 heavy (non-hydrogen) atoms. The number of amides is 1. The molecule has 0 aliphatic rings. The predicted molar refractivity (Wildman–Crippen MR) is 143 cm³/mol. The summed E-state index contributed by atoms with van der Waals surface area (Å²) in [6.07, 6.45) is 3.31. The lowest BCUT2D eigenvalue weighted by Gasteiger charge is -2.16. The first-order valence-electron chi connectivity index (χ1n) is 11.5. The summed E-state index contributed by atoms with van der Waals surface area (Å²) >= 11 is 0. The smallest absolute Gasteiger partial charge is 0.255 e. The Hall–Kier alpha value is -4.41. The third-order valence-corrected chi connectivity index (χ3v) is 7.67. The summed E-state index contributed by atoms with van der Waals surface area (Å²) in [7, 11) is -0.875. The first kappa shape index (κ1) is 24.3. The highest BCUT2D eigenvalue weighted by Gasteiger charge is 2.21. The highest BCUT2D eigenvalue weighted by molar-refractivity contribution is 7.89. The number of aromatic nitrogens is 2. The molecular formula is C27H25N5O4S. The normalized spacial score (nSPS) is 11.6. The zero-order valence-electron chi connectivity index (χ0n) is 20.2. The van der Waals surface area contributed by atoms with Gasteiger partial charge < -0.3 is 15.1 Å². The van der Waals surface area contributed by atoms with Crippen molar-refractivity contribution in [1.82, 2.24) is 14.5 Å². The second-order valence-corrected chi connectivity index (χ2v) is 10.8. The number of anilines is 2. The molecule has 0 aliphatic carbocycles. The number of carbonyl (C=O) groups is 1. The molecule has 0 spiro atoms. The summed E-state index contributed by atoms with van der Waals surface area (Å²) in [5.41, 5.74) is 3.95. The number of sulfonamides is 1. The van der Waals surface area contributed by atoms with Crippen molar-refractivity contribution in [1.29, 1.82) is 0 Å². The quantitative estimate of drug-likeness (QED) is 0.269. The SMILES string of the molecule is CN(C)S(=O)(=O)c1cc(NCc2cccc(-c3ccco3)c2)cc(C(=O)Nc2ccc3cn[nH]c3c2)c1. The Kier molecular flexibility index (Phi) is 6.51. The maximum Gasteiger partial charge on any atom is 0.255 e. The van der Waals surface area contributed by atoms with Gasteiger partial charge in [-0.15, -0.1) is 0 Å². The Morgan fingerprint density at radius 2 is 1.86 bits per heavy atom. The van der Waals surface area contributed by atoms with Gasteiger partial charge in [0.25, 0.3) is 5.91 Å². The van der Waals surface area contributed by atoms with Crippen LogP contribution in [0.15, 0.2) is 94.6 Å². The van der Waals surface area contributed by atoms with Crippen molar-refractivity contribution in [3.8, 4) is 11.3 Å². The van der Waals surface area contributed by atoms with Crippen molar-refractivity contribution < 1.29 is 17.6 Å². The molecule has 10 heteroatoms. The maximum absolute atomic E-state index is 13.2. The molecule has 5 rings (SSSR count). The van der Waals surface area contributed by atoms with Gasteiger partial charge in [-0.2, -0.15) is 5.10 Å². The molecule has 0 saturated heterocycles. The maximum atomic E-state index is 13.2. The van der Waals surface area contributed by atoms with Gasteiger partial charge in [-0.05, 0) is 60.2 Å². The lowest BCUT2D eigenvalue weighted by atomic mass is 10.1. The summed E-state index contributed by atoms with van der Waals surface area (Å²) in [6, 6.07) is 21.5. The van der Waals surface area contributed by atoms with Crippen molar-refractivity contribution in [2.24, 2.45) is 0 Å². The van der Waals surface area contributed by atoms with Crippen LogP contribution in [0.5, 0.6) is 0 Å². The fourth-order valence-corrected chi connectivity index (χ4v) is 4.86. The fourth-order valence-electron chi connectivity index (χ4n) is 3.89. The number of carbonyl (C=O) groups excluding carboxylic acids is 1. The van der Waals surface area contributed by atoms with E-state index in [1.807, 2.05) is 42.5 Å². The molecule has 0 saturated carbocycles. The van der Waals surface area contributed by atoms with Gasteiger partial charge in [0.15, 0.2) is 0 Å². The Balaban J connectivity index is 1.42. The molecule has 0 bridgehead atoms. The molecule has 2 aromatic heterocycles. The number of aromatic amines is 1. The van der Waals surface area contributed by atoms with E-state index in [0.29, 0.717) is 17.9 Å². The first-order chi connectivity index (χ1) is 17.8. The van der Waals surface area contributed by atoms with Crippen LogP contribution in [0.25, 0.3) is 22.2 Å². The molecular weight excluding hydrogens is 490 g/mol. The van der Waals surface area contributed by atoms with Gasteiger partial charge in [-0.25, -0.2) is 12.7 Å². The fraction of sp³-hybridized carbons (Fsp3) is 0.111. The molecule has 0 unspecified atom stereocenters. The average molecular weight is 516 g/mol. The van der Waals surface area contributed by atoms with Crippen molar-refractivity contribution in [2.75, 3.05) is 24.7 Å². The number of furan rings is 1. The van der Waals surface area contributed by atoms with Crippen LogP contribution in [0.4, 0.5) is 11.4 Å². The van der Waals surface area contributed by atoms with E-state index in [2.05, 4.69) is 20.8 Å². The standard InChI is InChI=1S/C27H25N5O4S/c1-32(2)37(34,35)24-13-21(27(33)30-22-9-8-20-17-29-31-25(20)15-22)12-23(14-24)28-16-18-5-3-6-19(11-18)26-7-4-10-36-26/h3-15,17,28H,16H2,1-2H3,(H,29,31)(H,30,33). The number of nitrogens with zero attached hydrogens (tertiary/aromatic N) is 2. The minimum absolute atomic E-state index is 0.0148. The van der Waals surface area contributed by atoms with Crippen LogP contribution in [-0.4, -0.2) is 42.9 Å². The molecule has 0 aliphatic heterocycles. The molecule has 3 N–H and O–H groups in total. The van der Waals surface area contributed by atoms with Crippen molar-refractivity contribution in [2.45, 2.75) is 11.4 Å². The van der Waals surface area contributed by atoms with Gasteiger partial charge in [0.1, 0.15) is 5.76 Å². The summed E-state index contributed by atoms with van der Waals surface area (Å²) in [6.45, 7) is 0.414. The topological polar surface area (TPSA) is 120 Å². The number of hydrogen-bond donors (Lipinski definition) is 3. The molecule has 188 valence electrons. The highest BCUT2D eigenvalue weighted by atomic mass is 32.2. The molecule has 0 atom stereocenters. The van der Waals surface area contributed by atoms with E-state index in [9.17, 15) is 13.2 Å². The van der Waals surface area contributed by atoms with Gasteiger partial charge in [-0.3, -0.25) is 9.89 Å². The molecule has 9 nitrogen and oxygen atoms in total. The summed E-state index contributed by atoms with van der Waals surface area (Å²) < 4.78 is 32.5. The van der Waals surface area contributed by atoms with Crippen LogP contribution in [0.2, 0.25) is 0 Å². The monoisotopic (exact) mass is 515 g/mol. The highest BCUT2D eigenvalue weighted by Crippen LogP contribution is 2.25. The Labute approximate surface area is 214 Å². The third kappa shape index (κ3) is 5.25. The zero-order valence-corrected chi connectivity index (χ0v) is 21.0. The molecule has 0 radical (unpaired) electrons. The van der Waals surface area contributed by atoms with Gasteiger partial charge in [0.05, 0.1) is 22.9 Å². The zero-order chi connectivity index (χ0) is 26.0. The van der Waals surface area contributed by atoms with E-state index in [0.717, 1.165) is 32.1 Å². The van der Waals surface area contributed by atoms with Crippen LogP contribution >= 0.6 is 0 Å². The van der Waals surface area contributed by atoms with Crippen LogP contribution in [-0.2, 0) is 16.6 Å². The third-order valence-electron chi connectivity index (χ3n) is 5.88. The predicted octanol–water partition coefficient (Wildman–Crippen LogP) is 4.94. The molecule has 3 aromatic carbocycles. The Bertz CT molecular complexity index is 1670. The van der Waals surface area contributed by atoms with E-state index >= 15 is 0 Å². The van der Waals surface area contributed by atoms with E-state index in [-0.39, 0.29) is 10.5 Å². The van der Waals surface area contributed by atoms with Crippen LogP contribution < -0.4 is 10.6 Å². The molecule has 2 heterocycles. The summed E-state index contributed by atoms with van der Waals surface area (Å²) in [5, 5.41) is 13.9. The minimum Gasteiger partial charge on any atom is -0.464 e. The Morgan fingerprint density at radius 1 is 1.00 bits per heavy atom. The lowest BCUT2D eigenvalue weighted by molar-refractivity contribution is 0.102. The van der Waals surface area contributed by atoms with Crippen molar-refractivity contribution >= 4 is 38.2 Å². The number of H-pyrrole nitrogens is 1. The van der Waals surface area contributed by atoms with Gasteiger partial charge in [0.2, 0.25) is 10.0 Å². The van der Waals surface area contributed by atoms with Gasteiger partial charge in [-0.1, -0.05) is 18.2 Å². The second kappa shape index (κ2) is 9.92. The number of benzene rings is 3. The lowest BCUT2D eigenvalue weighted by Crippen LogP contribution is -2.23. The first-order valence-corrected chi connectivity index (χ1v) is 12.9. The van der Waals surface area contributed by atoms with E-state index < -0.39 is 15.9 Å².